The molecule has 1 aromatic heterocycles. The normalized spacial score (nSPS) is 16.1. The number of aromatic nitrogens is 1. The zero-order valence-electron chi connectivity index (χ0n) is 27.0. The molecule has 1 heterocycles. The summed E-state index contributed by atoms with van der Waals surface area (Å²) < 4.78 is 15.0. The first-order chi connectivity index (χ1) is 21.3. The summed E-state index contributed by atoms with van der Waals surface area (Å²) in [4.78, 5) is 17.2. The second-order valence-electron chi connectivity index (χ2n) is 13.0. The lowest BCUT2D eigenvalue weighted by Gasteiger charge is -2.38. The number of aryl methyl sites for hydroxylation is 1. The van der Waals surface area contributed by atoms with E-state index in [2.05, 4.69) is 72.8 Å². The Balaban J connectivity index is 1.43. The second-order valence-corrected chi connectivity index (χ2v) is 13.9. The average molecular weight is 616 g/mol. The van der Waals surface area contributed by atoms with Gasteiger partial charge in [0.1, 0.15) is 5.76 Å². The Morgan fingerprint density at radius 3 is 2.61 bits per heavy atom. The van der Waals surface area contributed by atoms with Gasteiger partial charge in [-0.15, -0.1) is 0 Å². The van der Waals surface area contributed by atoms with E-state index >= 15 is 0 Å². The Labute approximate surface area is 268 Å². The van der Waals surface area contributed by atoms with Gasteiger partial charge in [0.2, 0.25) is 5.91 Å². The minimum Gasteiger partial charge on any atom is -0.376 e. The van der Waals surface area contributed by atoms with Crippen LogP contribution in [0.25, 0.3) is 11.1 Å². The fraction of sp³-hybridized carbons (Fsp3) is 0.514. The SMILES string of the molecule is C=C(CCCC)N(Cc1ccc(-c2ccccc2SNc2noc(C)c2C)c(COCC2CC2)c1)C(=O)C1(C)CCCCC1. The third kappa shape index (κ3) is 7.97. The molecule has 2 fully saturated rings. The van der Waals surface area contributed by atoms with Crippen LogP contribution in [0.3, 0.4) is 0 Å². The molecule has 2 aliphatic rings. The van der Waals surface area contributed by atoms with Crippen LogP contribution in [0.5, 0.6) is 0 Å². The summed E-state index contributed by atoms with van der Waals surface area (Å²) in [6.45, 7) is 14.6. The highest BCUT2D eigenvalue weighted by atomic mass is 32.2. The topological polar surface area (TPSA) is 67.6 Å². The second kappa shape index (κ2) is 14.8. The van der Waals surface area contributed by atoms with Crippen LogP contribution >= 0.6 is 11.9 Å². The van der Waals surface area contributed by atoms with Crippen LogP contribution in [-0.2, 0) is 22.7 Å². The van der Waals surface area contributed by atoms with Crippen LogP contribution in [0, 0.1) is 25.2 Å². The summed E-state index contributed by atoms with van der Waals surface area (Å²) in [7, 11) is 0. The number of benzene rings is 2. The number of carbonyl (C=O) groups is 1. The maximum absolute atomic E-state index is 14.1. The largest absolute Gasteiger partial charge is 0.376 e. The van der Waals surface area contributed by atoms with Crippen molar-refractivity contribution >= 4 is 23.7 Å². The fourth-order valence-electron chi connectivity index (χ4n) is 6.04. The quantitative estimate of drug-likeness (QED) is 0.172. The molecule has 6 nitrogen and oxygen atoms in total. The van der Waals surface area contributed by atoms with Crippen LogP contribution < -0.4 is 4.72 Å². The molecule has 0 unspecified atom stereocenters. The van der Waals surface area contributed by atoms with Crippen LogP contribution in [0.1, 0.15) is 101 Å². The molecule has 0 radical (unpaired) electrons. The van der Waals surface area contributed by atoms with Gasteiger partial charge in [-0.1, -0.05) is 87.7 Å². The first-order valence-electron chi connectivity index (χ1n) is 16.4. The van der Waals surface area contributed by atoms with Gasteiger partial charge in [0.05, 0.1) is 13.2 Å². The number of unbranched alkanes of at least 4 members (excludes halogenated alkanes) is 1. The number of carbonyl (C=O) groups excluding carboxylic acids is 1. The van der Waals surface area contributed by atoms with E-state index in [1.807, 2.05) is 18.7 Å². The number of allylic oxidation sites excluding steroid dienone is 1. The van der Waals surface area contributed by atoms with Crippen molar-refractivity contribution in [3.63, 3.8) is 0 Å². The molecule has 2 saturated carbocycles. The average Bonchev–Trinajstić information content (AvgIpc) is 3.81. The monoisotopic (exact) mass is 615 g/mol. The molecule has 0 atom stereocenters. The molecule has 0 saturated heterocycles. The lowest BCUT2D eigenvalue weighted by molar-refractivity contribution is -0.141. The summed E-state index contributed by atoms with van der Waals surface area (Å²) in [6.07, 6.45) is 10.9. The fourth-order valence-corrected chi connectivity index (χ4v) is 6.87. The molecule has 0 bridgehead atoms. The standard InChI is InChI=1S/C37H49N3O3S/c1-6-7-13-26(2)40(36(41)37(5)20-11-8-12-21-37)23-30-18-19-32(31(22-30)25-42-24-29-16-17-29)33-14-9-10-15-34(33)44-39-35-27(3)28(4)43-38-35/h9-10,14-15,18-19,22,29H,2,6-8,11-13,16-17,20-21,23-25H2,1,3-5H3,(H,38,39). The van der Waals surface area contributed by atoms with Crippen molar-refractivity contribution in [2.45, 2.75) is 110 Å². The smallest absolute Gasteiger partial charge is 0.232 e. The van der Waals surface area contributed by atoms with Gasteiger partial charge in [-0.05, 0) is 98.6 Å². The summed E-state index contributed by atoms with van der Waals surface area (Å²) in [5.74, 6) is 2.48. The molecule has 44 heavy (non-hydrogen) atoms. The zero-order valence-corrected chi connectivity index (χ0v) is 27.9. The summed E-state index contributed by atoms with van der Waals surface area (Å²) in [6, 6.07) is 15.1. The number of hydrogen-bond acceptors (Lipinski definition) is 6. The molecule has 3 aromatic rings. The zero-order chi connectivity index (χ0) is 31.1. The summed E-state index contributed by atoms with van der Waals surface area (Å²) in [5.41, 5.74) is 6.16. The van der Waals surface area contributed by atoms with Gasteiger partial charge in [-0.25, -0.2) is 0 Å². The van der Waals surface area contributed by atoms with Crippen LogP contribution in [-0.4, -0.2) is 22.6 Å². The van der Waals surface area contributed by atoms with Crippen molar-refractivity contribution < 1.29 is 14.1 Å². The van der Waals surface area contributed by atoms with E-state index in [4.69, 9.17) is 9.26 Å². The lowest BCUT2D eigenvalue weighted by Crippen LogP contribution is -2.42. The predicted molar refractivity (Wildman–Crippen MR) is 180 cm³/mol. The number of rotatable bonds is 15. The van der Waals surface area contributed by atoms with E-state index in [0.29, 0.717) is 19.1 Å². The minimum atomic E-state index is -0.312. The van der Waals surface area contributed by atoms with E-state index in [9.17, 15) is 4.79 Å². The molecule has 236 valence electrons. The van der Waals surface area contributed by atoms with Gasteiger partial charge in [0, 0.05) is 28.2 Å². The minimum absolute atomic E-state index is 0.236. The molecule has 1 amide bonds. The van der Waals surface area contributed by atoms with E-state index in [1.54, 1.807) is 0 Å². The maximum atomic E-state index is 14.1. The first kappa shape index (κ1) is 32.4. The number of hydrogen-bond donors (Lipinski definition) is 1. The van der Waals surface area contributed by atoms with Crippen molar-refractivity contribution in [2.75, 3.05) is 11.3 Å². The van der Waals surface area contributed by atoms with Crippen molar-refractivity contribution in [1.29, 1.82) is 0 Å². The molecular weight excluding hydrogens is 566 g/mol. The van der Waals surface area contributed by atoms with Gasteiger partial charge >= 0.3 is 0 Å². The number of nitrogens with zero attached hydrogens (tertiary/aromatic N) is 2. The van der Waals surface area contributed by atoms with Gasteiger partial charge in [0.25, 0.3) is 0 Å². The molecule has 0 aliphatic heterocycles. The Kier molecular flexibility index (Phi) is 10.9. The van der Waals surface area contributed by atoms with Crippen molar-refractivity contribution in [2.24, 2.45) is 11.3 Å². The highest BCUT2D eigenvalue weighted by Crippen LogP contribution is 2.40. The summed E-state index contributed by atoms with van der Waals surface area (Å²) in [5, 5.41) is 4.17. The number of anilines is 1. The number of ether oxygens (including phenoxy) is 1. The third-order valence-electron chi connectivity index (χ3n) is 9.33. The third-order valence-corrected chi connectivity index (χ3v) is 10.2. The van der Waals surface area contributed by atoms with Gasteiger partial charge in [-0.2, -0.15) is 0 Å². The van der Waals surface area contributed by atoms with Gasteiger partial charge in [-0.3, -0.25) is 4.79 Å². The van der Waals surface area contributed by atoms with E-state index < -0.39 is 0 Å². The highest BCUT2D eigenvalue weighted by Gasteiger charge is 2.38. The number of nitrogens with one attached hydrogen (secondary N) is 1. The molecule has 2 aliphatic carbocycles. The first-order valence-corrected chi connectivity index (χ1v) is 17.2. The molecule has 7 heteroatoms. The van der Waals surface area contributed by atoms with Crippen molar-refractivity contribution in [3.05, 3.63) is 77.2 Å². The molecular formula is C37H49N3O3S. The Morgan fingerprint density at radius 1 is 1.14 bits per heavy atom. The molecule has 0 spiro atoms. The Morgan fingerprint density at radius 2 is 1.91 bits per heavy atom. The Hall–Kier alpha value is -3.03. The maximum Gasteiger partial charge on any atom is 0.232 e. The number of amides is 1. The van der Waals surface area contributed by atoms with E-state index in [0.717, 1.165) is 102 Å². The predicted octanol–water partition coefficient (Wildman–Crippen LogP) is 10.0. The lowest BCUT2D eigenvalue weighted by atomic mass is 9.74. The van der Waals surface area contributed by atoms with E-state index in [1.165, 1.54) is 31.2 Å². The molecule has 1 N–H and O–H groups in total. The van der Waals surface area contributed by atoms with Crippen LogP contribution in [0.15, 0.2) is 64.2 Å². The van der Waals surface area contributed by atoms with Crippen LogP contribution in [0.4, 0.5) is 5.82 Å². The summed E-state index contributed by atoms with van der Waals surface area (Å²) >= 11 is 1.54. The molecule has 2 aromatic carbocycles. The highest BCUT2D eigenvalue weighted by molar-refractivity contribution is 8.00. The van der Waals surface area contributed by atoms with Crippen molar-refractivity contribution in [3.8, 4) is 11.1 Å². The van der Waals surface area contributed by atoms with Crippen molar-refractivity contribution in [1.82, 2.24) is 10.1 Å². The van der Waals surface area contributed by atoms with E-state index in [-0.39, 0.29) is 11.3 Å². The Bertz CT molecular complexity index is 1440. The van der Waals surface area contributed by atoms with Gasteiger partial charge in [0.15, 0.2) is 5.82 Å². The molecule has 5 rings (SSSR count). The van der Waals surface area contributed by atoms with Gasteiger partial charge < -0.3 is 18.9 Å². The van der Waals surface area contributed by atoms with Crippen LogP contribution in [0.2, 0.25) is 0 Å².